The first-order valence-electron chi connectivity index (χ1n) is 11.5. The van der Waals surface area contributed by atoms with Crippen molar-refractivity contribution in [3.05, 3.63) is 69.7 Å². The Morgan fingerprint density at radius 3 is 2.42 bits per heavy atom. The van der Waals surface area contributed by atoms with Gasteiger partial charge in [-0.3, -0.25) is 10.1 Å². The average molecular weight is 522 g/mol. The number of piperazine rings is 1. The molecule has 0 radical (unpaired) electrons. The van der Waals surface area contributed by atoms with Crippen molar-refractivity contribution in [2.24, 2.45) is 0 Å². The predicted octanol–water partition coefficient (Wildman–Crippen LogP) is 3.88. The highest BCUT2D eigenvalue weighted by molar-refractivity contribution is 7.17. The topological polar surface area (TPSA) is 113 Å². The molecule has 1 aliphatic heterocycles. The van der Waals surface area contributed by atoms with Crippen LogP contribution in [0.25, 0.3) is 0 Å². The second-order valence-corrected chi connectivity index (χ2v) is 9.76. The number of aryl methyl sites for hydroxylation is 2. The highest BCUT2D eigenvalue weighted by Gasteiger charge is 2.22. The Balaban J connectivity index is 1.25. The molecule has 4 aromatic rings. The maximum atomic E-state index is 12.9. The lowest BCUT2D eigenvalue weighted by molar-refractivity contribution is 0.0996. The van der Waals surface area contributed by atoms with Gasteiger partial charge < -0.3 is 9.80 Å². The third kappa shape index (κ3) is 5.42. The maximum Gasteiger partial charge on any atom is 0.234 e. The van der Waals surface area contributed by atoms with Gasteiger partial charge in [0.2, 0.25) is 17.8 Å². The van der Waals surface area contributed by atoms with Crippen molar-refractivity contribution in [1.82, 2.24) is 29.9 Å². The molecule has 5 rings (SSSR count). The standard InChI is InChI=1S/C24H24ClN9OS/c1-15-5-3-6-18(25)17(15)13-19(35)20-14-28-24(36-20)32-21-29-16(2)30-23(31-21)34-11-9-33(10-12-34)22-26-7-4-8-27-22/h3-8,14H,9-13H2,1-2H3,(H,28,29,30,31,32). The molecule has 1 aromatic carbocycles. The zero-order chi connectivity index (χ0) is 25.1. The van der Waals surface area contributed by atoms with Gasteiger partial charge in [-0.05, 0) is 37.1 Å². The van der Waals surface area contributed by atoms with Crippen LogP contribution in [0.15, 0.2) is 42.9 Å². The maximum absolute atomic E-state index is 12.9. The molecule has 12 heteroatoms. The zero-order valence-electron chi connectivity index (χ0n) is 19.8. The molecule has 3 aromatic heterocycles. The fourth-order valence-corrected chi connectivity index (χ4v) is 4.96. The molecule has 0 amide bonds. The molecule has 0 spiro atoms. The fraction of sp³-hybridized carbons (Fsp3) is 0.292. The number of aromatic nitrogens is 6. The highest BCUT2D eigenvalue weighted by Crippen LogP contribution is 2.26. The van der Waals surface area contributed by atoms with E-state index in [0.717, 1.165) is 43.3 Å². The third-order valence-electron chi connectivity index (χ3n) is 5.82. The van der Waals surface area contributed by atoms with Crippen molar-refractivity contribution in [2.45, 2.75) is 20.3 Å². The lowest BCUT2D eigenvalue weighted by atomic mass is 10.0. The van der Waals surface area contributed by atoms with Crippen LogP contribution in [0.4, 0.5) is 23.0 Å². The van der Waals surface area contributed by atoms with Crippen molar-refractivity contribution in [3.63, 3.8) is 0 Å². The second kappa shape index (κ2) is 10.5. The first-order valence-corrected chi connectivity index (χ1v) is 12.7. The summed E-state index contributed by atoms with van der Waals surface area (Å²) in [5.41, 5.74) is 1.83. The molecule has 36 heavy (non-hydrogen) atoms. The number of benzene rings is 1. The van der Waals surface area contributed by atoms with Crippen LogP contribution in [-0.2, 0) is 6.42 Å². The Morgan fingerprint density at radius 2 is 1.69 bits per heavy atom. The van der Waals surface area contributed by atoms with E-state index in [1.165, 1.54) is 11.3 Å². The fourth-order valence-electron chi connectivity index (χ4n) is 3.92. The molecule has 0 bridgehead atoms. The second-order valence-electron chi connectivity index (χ2n) is 8.32. The molecule has 4 heterocycles. The van der Waals surface area contributed by atoms with Gasteiger partial charge in [-0.25, -0.2) is 15.0 Å². The number of hydrogen-bond donors (Lipinski definition) is 1. The first kappa shape index (κ1) is 24.0. The van der Waals surface area contributed by atoms with Crippen LogP contribution in [-0.4, -0.2) is 61.9 Å². The summed E-state index contributed by atoms with van der Waals surface area (Å²) in [6.45, 7) is 6.77. The van der Waals surface area contributed by atoms with Crippen LogP contribution in [0, 0.1) is 13.8 Å². The number of nitrogens with one attached hydrogen (secondary N) is 1. The molecule has 0 saturated carbocycles. The summed E-state index contributed by atoms with van der Waals surface area (Å²) in [6, 6.07) is 7.43. The summed E-state index contributed by atoms with van der Waals surface area (Å²) in [7, 11) is 0. The summed E-state index contributed by atoms with van der Waals surface area (Å²) < 4.78 is 0. The van der Waals surface area contributed by atoms with Gasteiger partial charge in [-0.1, -0.05) is 35.1 Å². The minimum absolute atomic E-state index is 0.0375. The van der Waals surface area contributed by atoms with E-state index in [9.17, 15) is 4.79 Å². The number of nitrogens with zero attached hydrogens (tertiary/aromatic N) is 8. The predicted molar refractivity (Wildman–Crippen MR) is 141 cm³/mol. The number of halogens is 1. The van der Waals surface area contributed by atoms with Crippen molar-refractivity contribution >= 4 is 51.7 Å². The molecule has 1 aliphatic rings. The van der Waals surface area contributed by atoms with Gasteiger partial charge in [0.25, 0.3) is 0 Å². The van der Waals surface area contributed by atoms with E-state index < -0.39 is 0 Å². The lowest BCUT2D eigenvalue weighted by Gasteiger charge is -2.34. The van der Waals surface area contributed by atoms with Gasteiger partial charge in [-0.2, -0.15) is 15.0 Å². The average Bonchev–Trinajstić information content (AvgIpc) is 3.35. The lowest BCUT2D eigenvalue weighted by Crippen LogP contribution is -2.47. The number of anilines is 4. The van der Waals surface area contributed by atoms with E-state index in [2.05, 4.69) is 45.0 Å². The largest absolute Gasteiger partial charge is 0.337 e. The van der Waals surface area contributed by atoms with Gasteiger partial charge in [0.1, 0.15) is 5.82 Å². The Hall–Kier alpha value is -3.70. The van der Waals surface area contributed by atoms with Crippen LogP contribution in [0.5, 0.6) is 0 Å². The van der Waals surface area contributed by atoms with Crippen molar-refractivity contribution in [3.8, 4) is 0 Å². The van der Waals surface area contributed by atoms with E-state index in [0.29, 0.717) is 32.8 Å². The van der Waals surface area contributed by atoms with Crippen LogP contribution < -0.4 is 15.1 Å². The van der Waals surface area contributed by atoms with Gasteiger partial charge in [0, 0.05) is 50.0 Å². The number of thiazole rings is 1. The van der Waals surface area contributed by atoms with Crippen LogP contribution in [0.3, 0.4) is 0 Å². The van der Waals surface area contributed by atoms with E-state index in [-0.39, 0.29) is 12.2 Å². The first-order chi connectivity index (χ1) is 17.5. The molecular weight excluding hydrogens is 498 g/mol. The van der Waals surface area contributed by atoms with Gasteiger partial charge in [-0.15, -0.1) is 0 Å². The number of ketones is 1. The monoisotopic (exact) mass is 521 g/mol. The summed E-state index contributed by atoms with van der Waals surface area (Å²) >= 11 is 7.56. The van der Waals surface area contributed by atoms with Gasteiger partial charge in [0.05, 0.1) is 11.1 Å². The molecule has 0 atom stereocenters. The summed E-state index contributed by atoms with van der Waals surface area (Å²) in [5.74, 6) is 2.27. The minimum Gasteiger partial charge on any atom is -0.337 e. The molecule has 1 N–H and O–H groups in total. The van der Waals surface area contributed by atoms with Gasteiger partial charge in [0.15, 0.2) is 10.9 Å². The van der Waals surface area contributed by atoms with Crippen molar-refractivity contribution in [1.29, 1.82) is 0 Å². The molecule has 1 fully saturated rings. The summed E-state index contributed by atoms with van der Waals surface area (Å²) in [6.07, 6.45) is 5.29. The van der Waals surface area contributed by atoms with E-state index in [4.69, 9.17) is 11.6 Å². The number of rotatable bonds is 7. The van der Waals surface area contributed by atoms with Gasteiger partial charge >= 0.3 is 0 Å². The molecule has 1 saturated heterocycles. The molecule has 0 unspecified atom stereocenters. The van der Waals surface area contributed by atoms with Crippen LogP contribution >= 0.6 is 22.9 Å². The highest BCUT2D eigenvalue weighted by atomic mass is 35.5. The smallest absolute Gasteiger partial charge is 0.234 e. The number of carbonyl (C=O) groups excluding carboxylic acids is 1. The molecule has 184 valence electrons. The Morgan fingerprint density at radius 1 is 0.972 bits per heavy atom. The summed E-state index contributed by atoms with van der Waals surface area (Å²) in [5, 5.41) is 4.26. The van der Waals surface area contributed by atoms with Crippen molar-refractivity contribution < 1.29 is 4.79 Å². The SMILES string of the molecule is Cc1nc(Nc2ncc(C(=O)Cc3c(C)cccc3Cl)s2)nc(N2CCN(c3ncccn3)CC2)n1. The van der Waals surface area contributed by atoms with Crippen molar-refractivity contribution in [2.75, 3.05) is 41.3 Å². The van der Waals surface area contributed by atoms with E-state index in [1.807, 2.05) is 32.0 Å². The third-order valence-corrected chi connectivity index (χ3v) is 7.13. The molecule has 10 nitrogen and oxygen atoms in total. The zero-order valence-corrected chi connectivity index (χ0v) is 21.4. The summed E-state index contributed by atoms with van der Waals surface area (Å²) in [4.78, 5) is 44.2. The Labute approximate surface area is 217 Å². The van der Waals surface area contributed by atoms with E-state index >= 15 is 0 Å². The quantitative estimate of drug-likeness (QED) is 0.359. The molecule has 0 aliphatic carbocycles. The minimum atomic E-state index is -0.0375. The van der Waals surface area contributed by atoms with Crippen LogP contribution in [0.2, 0.25) is 5.02 Å². The van der Waals surface area contributed by atoms with Crippen LogP contribution in [0.1, 0.15) is 26.6 Å². The number of carbonyl (C=O) groups is 1. The molecular formula is C24H24ClN9OS. The Kier molecular flexibility index (Phi) is 7.01. The normalized spacial score (nSPS) is 13.6. The number of hydrogen-bond acceptors (Lipinski definition) is 11. The number of Topliss-reactive ketones (excluding diaryl/α,β-unsaturated/α-hetero) is 1. The Bertz CT molecular complexity index is 1350. The van der Waals surface area contributed by atoms with E-state index in [1.54, 1.807) is 24.7 Å².